The Kier molecular flexibility index (Phi) is 3.78. The van der Waals surface area contributed by atoms with Gasteiger partial charge in [-0.15, -0.1) is 0 Å². The van der Waals surface area contributed by atoms with Crippen molar-refractivity contribution < 1.29 is 24.4 Å². The summed E-state index contributed by atoms with van der Waals surface area (Å²) in [4.78, 5) is 24.6. The average molecular weight is 290 g/mol. The van der Waals surface area contributed by atoms with Crippen LogP contribution in [0.3, 0.4) is 0 Å². The van der Waals surface area contributed by atoms with Gasteiger partial charge in [-0.05, 0) is 6.42 Å². The number of ether oxygens (including phenoxy) is 1. The third-order valence-corrected chi connectivity index (χ3v) is 3.51. The molecule has 2 rings (SSSR count). The van der Waals surface area contributed by atoms with E-state index in [2.05, 4.69) is 0 Å². The molecule has 0 aliphatic carbocycles. The Hall–Kier alpha value is -1.55. The van der Waals surface area contributed by atoms with Crippen LogP contribution in [0, 0.1) is 5.82 Å². The number of rotatable bonds is 3. The Labute approximate surface area is 112 Å². The van der Waals surface area contributed by atoms with Crippen molar-refractivity contribution in [1.29, 1.82) is 0 Å². The van der Waals surface area contributed by atoms with Gasteiger partial charge >= 0.3 is 5.69 Å². The molecule has 1 aromatic rings. The van der Waals surface area contributed by atoms with Gasteiger partial charge in [0.25, 0.3) is 5.56 Å². The van der Waals surface area contributed by atoms with E-state index >= 15 is 0 Å². The summed E-state index contributed by atoms with van der Waals surface area (Å²) in [7, 11) is 0. The van der Waals surface area contributed by atoms with Crippen molar-refractivity contribution in [1.82, 2.24) is 9.55 Å². The summed E-state index contributed by atoms with van der Waals surface area (Å²) in [6.07, 6.45) is -3.51. The lowest BCUT2D eigenvalue weighted by Gasteiger charge is -2.32. The minimum atomic E-state index is -1.76. The standard InChI is InChI=1S/C11H15FN2O6/c1-2-11(8(17)7(16)6(4-15)20-11)14-3-5(12)9(18)13-10(14)19/h3,6-8,15-17H,2,4H2,1H3,(H,13,18,19)/t6-,7-,8-,11-/m1/s1. The monoisotopic (exact) mass is 290 g/mol. The Morgan fingerprint density at radius 1 is 1.50 bits per heavy atom. The van der Waals surface area contributed by atoms with Gasteiger partial charge in [-0.2, -0.15) is 4.39 Å². The zero-order chi connectivity index (χ0) is 15.1. The molecule has 0 amide bonds. The number of H-pyrrole nitrogens is 1. The molecule has 4 N–H and O–H groups in total. The average Bonchev–Trinajstić information content (AvgIpc) is 2.68. The lowest BCUT2D eigenvalue weighted by molar-refractivity contribution is -0.152. The molecule has 1 saturated heterocycles. The zero-order valence-corrected chi connectivity index (χ0v) is 10.6. The summed E-state index contributed by atoms with van der Waals surface area (Å²) < 4.78 is 19.4. The van der Waals surface area contributed by atoms with E-state index in [0.717, 1.165) is 0 Å². The molecule has 0 saturated carbocycles. The molecule has 2 heterocycles. The van der Waals surface area contributed by atoms with E-state index in [1.807, 2.05) is 0 Å². The number of nitrogens with one attached hydrogen (secondary N) is 1. The van der Waals surface area contributed by atoms with Crippen LogP contribution in [0.4, 0.5) is 4.39 Å². The van der Waals surface area contributed by atoms with Crippen LogP contribution in [0.2, 0.25) is 0 Å². The second kappa shape index (κ2) is 5.09. The van der Waals surface area contributed by atoms with Crippen LogP contribution in [0.1, 0.15) is 13.3 Å². The largest absolute Gasteiger partial charge is 0.394 e. The summed E-state index contributed by atoms with van der Waals surface area (Å²) in [6.45, 7) is 0.964. The van der Waals surface area contributed by atoms with Crippen LogP contribution in [-0.2, 0) is 10.5 Å². The normalized spacial score (nSPS) is 33.5. The fourth-order valence-corrected chi connectivity index (χ4v) is 2.41. The fraction of sp³-hybridized carbons (Fsp3) is 0.636. The lowest BCUT2D eigenvalue weighted by atomic mass is 10.00. The molecule has 4 atom stereocenters. The molecular formula is C11H15FN2O6. The third kappa shape index (κ3) is 1.99. The quantitative estimate of drug-likeness (QED) is 0.503. The number of hydrogen-bond donors (Lipinski definition) is 4. The van der Waals surface area contributed by atoms with Gasteiger partial charge in [0.1, 0.15) is 18.3 Å². The van der Waals surface area contributed by atoms with Gasteiger partial charge in [-0.25, -0.2) is 4.79 Å². The lowest BCUT2D eigenvalue weighted by Crippen LogP contribution is -2.51. The van der Waals surface area contributed by atoms with E-state index in [0.29, 0.717) is 10.8 Å². The number of aliphatic hydroxyl groups excluding tert-OH is 3. The zero-order valence-electron chi connectivity index (χ0n) is 10.6. The number of hydrogen-bond acceptors (Lipinski definition) is 6. The van der Waals surface area contributed by atoms with Crippen molar-refractivity contribution in [3.05, 3.63) is 32.9 Å². The molecule has 0 bridgehead atoms. The number of nitrogens with zero attached hydrogens (tertiary/aromatic N) is 1. The minimum absolute atomic E-state index is 0.00706. The minimum Gasteiger partial charge on any atom is -0.394 e. The summed E-state index contributed by atoms with van der Waals surface area (Å²) in [6, 6.07) is 0. The molecule has 0 radical (unpaired) electrons. The summed E-state index contributed by atoms with van der Waals surface area (Å²) in [5.41, 5.74) is -3.93. The first-order chi connectivity index (χ1) is 9.37. The molecule has 1 aliphatic heterocycles. The Balaban J connectivity index is 2.61. The number of aromatic amines is 1. The van der Waals surface area contributed by atoms with E-state index < -0.39 is 47.7 Å². The first-order valence-electron chi connectivity index (χ1n) is 6.04. The number of aliphatic hydroxyl groups is 3. The van der Waals surface area contributed by atoms with E-state index in [1.54, 1.807) is 11.9 Å². The molecule has 1 fully saturated rings. The van der Waals surface area contributed by atoms with Gasteiger partial charge in [0.15, 0.2) is 5.72 Å². The van der Waals surface area contributed by atoms with Crippen LogP contribution < -0.4 is 11.2 Å². The summed E-state index contributed by atoms with van der Waals surface area (Å²) >= 11 is 0. The van der Waals surface area contributed by atoms with E-state index in [-0.39, 0.29) is 6.42 Å². The number of halogens is 1. The molecule has 112 valence electrons. The summed E-state index contributed by atoms with van der Waals surface area (Å²) in [5, 5.41) is 29.0. The highest BCUT2D eigenvalue weighted by molar-refractivity contribution is 5.02. The highest BCUT2D eigenvalue weighted by Crippen LogP contribution is 2.37. The van der Waals surface area contributed by atoms with Crippen molar-refractivity contribution in [3.63, 3.8) is 0 Å². The molecule has 9 heteroatoms. The van der Waals surface area contributed by atoms with Gasteiger partial charge in [0.05, 0.1) is 12.8 Å². The van der Waals surface area contributed by atoms with Crippen molar-refractivity contribution in [2.24, 2.45) is 0 Å². The van der Waals surface area contributed by atoms with E-state index in [9.17, 15) is 24.2 Å². The van der Waals surface area contributed by atoms with Crippen LogP contribution in [0.5, 0.6) is 0 Å². The molecule has 0 unspecified atom stereocenters. The second-order valence-electron chi connectivity index (χ2n) is 4.58. The topological polar surface area (TPSA) is 125 Å². The highest BCUT2D eigenvalue weighted by atomic mass is 19.1. The third-order valence-electron chi connectivity index (χ3n) is 3.51. The first kappa shape index (κ1) is 14.9. The highest BCUT2D eigenvalue weighted by Gasteiger charge is 2.54. The maximum atomic E-state index is 13.4. The van der Waals surface area contributed by atoms with Gasteiger partial charge in [0.2, 0.25) is 5.82 Å². The van der Waals surface area contributed by atoms with E-state index in [1.165, 1.54) is 0 Å². The van der Waals surface area contributed by atoms with Crippen molar-refractivity contribution in [2.45, 2.75) is 37.4 Å². The van der Waals surface area contributed by atoms with Crippen molar-refractivity contribution in [2.75, 3.05) is 6.61 Å². The Morgan fingerprint density at radius 3 is 2.65 bits per heavy atom. The Morgan fingerprint density at radius 2 is 2.15 bits per heavy atom. The van der Waals surface area contributed by atoms with Crippen LogP contribution in [0.25, 0.3) is 0 Å². The summed E-state index contributed by atoms with van der Waals surface area (Å²) in [5.74, 6) is -1.23. The molecule has 1 aliphatic rings. The maximum Gasteiger partial charge on any atom is 0.330 e. The molecule has 8 nitrogen and oxygen atoms in total. The smallest absolute Gasteiger partial charge is 0.330 e. The molecule has 1 aromatic heterocycles. The van der Waals surface area contributed by atoms with Gasteiger partial charge in [-0.1, -0.05) is 6.92 Å². The van der Waals surface area contributed by atoms with E-state index in [4.69, 9.17) is 9.84 Å². The van der Waals surface area contributed by atoms with Gasteiger partial charge < -0.3 is 20.1 Å². The molecule has 0 aromatic carbocycles. The maximum absolute atomic E-state index is 13.4. The van der Waals surface area contributed by atoms with Crippen molar-refractivity contribution in [3.8, 4) is 0 Å². The molecule has 20 heavy (non-hydrogen) atoms. The SMILES string of the molecule is CC[C@@]1(n2cc(F)c(=O)[nH]c2=O)O[C@H](CO)[C@@H](O)[C@H]1O. The first-order valence-corrected chi connectivity index (χ1v) is 6.04. The predicted octanol–water partition coefficient (Wildman–Crippen LogP) is -2.15. The second-order valence-corrected chi connectivity index (χ2v) is 4.58. The fourth-order valence-electron chi connectivity index (χ4n) is 2.41. The predicted molar refractivity (Wildman–Crippen MR) is 63.5 cm³/mol. The molecule has 0 spiro atoms. The molecular weight excluding hydrogens is 275 g/mol. The van der Waals surface area contributed by atoms with Gasteiger partial charge in [-0.3, -0.25) is 14.3 Å². The Bertz CT molecular complexity index is 614. The van der Waals surface area contributed by atoms with Crippen molar-refractivity contribution >= 4 is 0 Å². The van der Waals surface area contributed by atoms with Crippen LogP contribution in [0.15, 0.2) is 15.8 Å². The van der Waals surface area contributed by atoms with Crippen LogP contribution >= 0.6 is 0 Å². The van der Waals surface area contributed by atoms with Gasteiger partial charge in [0, 0.05) is 0 Å². The number of aromatic nitrogens is 2. The van der Waals surface area contributed by atoms with Crippen LogP contribution in [-0.4, -0.2) is 49.8 Å².